The Morgan fingerprint density at radius 3 is 1.39 bits per heavy atom. The van der Waals surface area contributed by atoms with E-state index in [2.05, 4.69) is 90.7 Å². The third-order valence-electron chi connectivity index (χ3n) is 4.60. The average molecular weight is 636 g/mol. The minimum absolute atomic E-state index is 0.245. The molecule has 0 saturated heterocycles. The molecule has 1 saturated carbocycles. The van der Waals surface area contributed by atoms with Crippen LogP contribution >= 0.6 is 69.6 Å². The van der Waals surface area contributed by atoms with Crippen molar-refractivity contribution in [3.63, 3.8) is 0 Å². The Morgan fingerprint density at radius 2 is 1.04 bits per heavy atom. The quantitative estimate of drug-likeness (QED) is 0.264. The van der Waals surface area contributed by atoms with Crippen LogP contribution in [0.25, 0.3) is 0 Å². The molecule has 4 nitrogen and oxygen atoms in total. The average Bonchev–Trinajstić information content (AvgIpc) is 2.67. The van der Waals surface area contributed by atoms with Gasteiger partial charge in [0.2, 0.25) is 0 Å². The maximum absolute atomic E-state index is 5.53. The molecule has 8 heteroatoms. The number of hydrogen-bond donors (Lipinski definition) is 4. The summed E-state index contributed by atoms with van der Waals surface area (Å²) in [7, 11) is 0. The van der Waals surface area contributed by atoms with Crippen molar-refractivity contribution in [1.82, 2.24) is 10.6 Å². The smallest absolute Gasteiger partial charge is 0.171 e. The van der Waals surface area contributed by atoms with E-state index < -0.39 is 0 Å². The SMILES string of the molecule is S=C(Nc1ccc(I)cc1)NC1CCCCC1NC(=S)Nc1ccc(I)cc1. The molecule has 0 spiro atoms. The van der Waals surface area contributed by atoms with Crippen molar-refractivity contribution in [3.05, 3.63) is 55.7 Å². The first-order valence-electron chi connectivity index (χ1n) is 9.16. The molecule has 0 radical (unpaired) electrons. The van der Waals surface area contributed by atoms with Crippen molar-refractivity contribution in [2.45, 2.75) is 37.8 Å². The van der Waals surface area contributed by atoms with Crippen LogP contribution in [0.2, 0.25) is 0 Å². The van der Waals surface area contributed by atoms with E-state index in [1.54, 1.807) is 0 Å². The molecule has 4 N–H and O–H groups in total. The first-order valence-corrected chi connectivity index (χ1v) is 12.1. The number of rotatable bonds is 4. The van der Waals surface area contributed by atoms with Crippen LogP contribution in [-0.2, 0) is 0 Å². The lowest BCUT2D eigenvalue weighted by atomic mass is 9.90. The first kappa shape index (κ1) is 22.0. The molecule has 148 valence electrons. The zero-order valence-electron chi connectivity index (χ0n) is 15.2. The van der Waals surface area contributed by atoms with E-state index in [0.717, 1.165) is 24.2 Å². The van der Waals surface area contributed by atoms with Crippen molar-refractivity contribution in [1.29, 1.82) is 0 Å². The normalized spacial score (nSPS) is 18.8. The summed E-state index contributed by atoms with van der Waals surface area (Å²) in [4.78, 5) is 0. The van der Waals surface area contributed by atoms with Gasteiger partial charge in [0.1, 0.15) is 0 Å². The maximum atomic E-state index is 5.53. The zero-order valence-corrected chi connectivity index (χ0v) is 21.1. The Morgan fingerprint density at radius 1 is 0.679 bits per heavy atom. The Labute approximate surface area is 204 Å². The van der Waals surface area contributed by atoms with E-state index >= 15 is 0 Å². The van der Waals surface area contributed by atoms with Crippen LogP contribution in [-0.4, -0.2) is 22.3 Å². The van der Waals surface area contributed by atoms with Crippen molar-refractivity contribution in [3.8, 4) is 0 Å². The predicted molar refractivity (Wildman–Crippen MR) is 143 cm³/mol. The van der Waals surface area contributed by atoms with Gasteiger partial charge in [-0.1, -0.05) is 12.8 Å². The van der Waals surface area contributed by atoms with Gasteiger partial charge in [-0.3, -0.25) is 0 Å². The molecule has 0 amide bonds. The highest BCUT2D eigenvalue weighted by Crippen LogP contribution is 2.20. The van der Waals surface area contributed by atoms with E-state index in [-0.39, 0.29) is 12.1 Å². The minimum Gasteiger partial charge on any atom is -0.358 e. The monoisotopic (exact) mass is 636 g/mol. The van der Waals surface area contributed by atoms with E-state index in [1.807, 2.05) is 24.3 Å². The summed E-state index contributed by atoms with van der Waals surface area (Å²) < 4.78 is 2.40. The van der Waals surface area contributed by atoms with Crippen molar-refractivity contribution in [2.75, 3.05) is 10.6 Å². The summed E-state index contributed by atoms with van der Waals surface area (Å²) in [6, 6.07) is 16.9. The number of thiocarbonyl (C=S) groups is 2. The van der Waals surface area contributed by atoms with Gasteiger partial charge in [0.15, 0.2) is 10.2 Å². The molecular weight excluding hydrogens is 614 g/mol. The third-order valence-corrected chi connectivity index (χ3v) is 6.48. The number of benzene rings is 2. The zero-order chi connectivity index (χ0) is 19.9. The Bertz CT molecular complexity index is 742. The van der Waals surface area contributed by atoms with Crippen LogP contribution in [0.4, 0.5) is 11.4 Å². The van der Waals surface area contributed by atoms with Crippen LogP contribution < -0.4 is 21.3 Å². The molecule has 0 bridgehead atoms. The van der Waals surface area contributed by atoms with E-state index in [4.69, 9.17) is 24.4 Å². The van der Waals surface area contributed by atoms with Crippen molar-refractivity contribution < 1.29 is 0 Å². The highest BCUT2D eigenvalue weighted by molar-refractivity contribution is 14.1. The molecule has 28 heavy (non-hydrogen) atoms. The molecule has 2 atom stereocenters. The lowest BCUT2D eigenvalue weighted by Crippen LogP contribution is -2.54. The molecule has 1 aliphatic carbocycles. The van der Waals surface area contributed by atoms with E-state index in [1.165, 1.54) is 20.0 Å². The fourth-order valence-corrected chi connectivity index (χ4v) is 4.47. The molecule has 2 aromatic carbocycles. The highest BCUT2D eigenvalue weighted by atomic mass is 127. The van der Waals surface area contributed by atoms with Gasteiger partial charge in [0.05, 0.1) is 0 Å². The number of hydrogen-bond acceptors (Lipinski definition) is 2. The lowest BCUT2D eigenvalue weighted by molar-refractivity contribution is 0.340. The van der Waals surface area contributed by atoms with Crippen molar-refractivity contribution >= 4 is 91.2 Å². The topological polar surface area (TPSA) is 48.1 Å². The second-order valence-corrected chi connectivity index (χ2v) is 10.0. The summed E-state index contributed by atoms with van der Waals surface area (Å²) in [5.74, 6) is 0. The number of nitrogens with one attached hydrogen (secondary N) is 4. The second kappa shape index (κ2) is 10.9. The summed E-state index contributed by atoms with van der Waals surface area (Å²) in [6.07, 6.45) is 4.52. The van der Waals surface area contributed by atoms with Crippen LogP contribution in [0, 0.1) is 7.14 Å². The van der Waals surface area contributed by atoms with Crippen molar-refractivity contribution in [2.24, 2.45) is 0 Å². The van der Waals surface area contributed by atoms with Gasteiger partial charge < -0.3 is 21.3 Å². The summed E-state index contributed by atoms with van der Waals surface area (Å²) in [5.41, 5.74) is 1.99. The van der Waals surface area contributed by atoms with Gasteiger partial charge in [0.25, 0.3) is 0 Å². The fourth-order valence-electron chi connectivity index (χ4n) is 3.21. The largest absolute Gasteiger partial charge is 0.358 e. The predicted octanol–water partition coefficient (Wildman–Crippen LogP) is 5.48. The summed E-state index contributed by atoms with van der Waals surface area (Å²) >= 11 is 15.7. The summed E-state index contributed by atoms with van der Waals surface area (Å²) in [6.45, 7) is 0. The molecule has 0 aliphatic heterocycles. The van der Waals surface area contributed by atoms with Gasteiger partial charge in [-0.2, -0.15) is 0 Å². The molecule has 1 aliphatic rings. The Balaban J connectivity index is 1.54. The van der Waals surface area contributed by atoms with Crippen LogP contribution in [0.15, 0.2) is 48.5 Å². The molecule has 0 heterocycles. The van der Waals surface area contributed by atoms with Gasteiger partial charge >= 0.3 is 0 Å². The number of anilines is 2. The van der Waals surface area contributed by atoms with Gasteiger partial charge in [-0.25, -0.2) is 0 Å². The highest BCUT2D eigenvalue weighted by Gasteiger charge is 2.26. The molecule has 1 fully saturated rings. The van der Waals surface area contributed by atoms with Gasteiger partial charge in [-0.05, 0) is 131 Å². The molecule has 0 aromatic heterocycles. The van der Waals surface area contributed by atoms with Gasteiger partial charge in [0, 0.05) is 30.6 Å². The second-order valence-electron chi connectivity index (χ2n) is 6.71. The van der Waals surface area contributed by atoms with Crippen LogP contribution in [0.1, 0.15) is 25.7 Å². The Hall–Kier alpha value is -0.720. The fraction of sp³-hybridized carbons (Fsp3) is 0.300. The molecule has 2 unspecified atom stereocenters. The van der Waals surface area contributed by atoms with Crippen LogP contribution in [0.3, 0.4) is 0 Å². The van der Waals surface area contributed by atoms with Gasteiger partial charge in [-0.15, -0.1) is 0 Å². The van der Waals surface area contributed by atoms with E-state index in [0.29, 0.717) is 10.2 Å². The molecular formula is C20H22I2N4S2. The Kier molecular flexibility index (Phi) is 8.54. The first-order chi connectivity index (χ1) is 13.5. The lowest BCUT2D eigenvalue weighted by Gasteiger charge is -2.34. The maximum Gasteiger partial charge on any atom is 0.171 e. The van der Waals surface area contributed by atoms with E-state index in [9.17, 15) is 0 Å². The molecule has 2 aromatic rings. The standard InChI is InChI=1S/C20H22I2N4S2/c21-13-5-9-15(10-6-13)23-19(27)25-17-3-1-2-4-18(17)26-20(28)24-16-11-7-14(22)8-12-16/h5-12,17-18H,1-4H2,(H2,23,25,27)(H2,24,26,28). The third kappa shape index (κ3) is 6.96. The minimum atomic E-state index is 0.245. The van der Waals surface area contributed by atoms with Crippen LogP contribution in [0.5, 0.6) is 0 Å². The molecule has 3 rings (SSSR count). The number of halogens is 2. The summed E-state index contributed by atoms with van der Waals surface area (Å²) in [5, 5.41) is 14.8.